The van der Waals surface area contributed by atoms with Gasteiger partial charge in [-0.25, -0.2) is 0 Å². The Morgan fingerprint density at radius 1 is 1.60 bits per heavy atom. The molecule has 0 saturated heterocycles. The number of thioether (sulfide) groups is 1. The largest absolute Gasteiger partial charge is 0.506 e. The number of hydrogen-bond acceptors (Lipinski definition) is 3. The average molecular weight is 246 g/mol. The summed E-state index contributed by atoms with van der Waals surface area (Å²) in [6.07, 6.45) is 2.42. The van der Waals surface area contributed by atoms with Gasteiger partial charge in [0.1, 0.15) is 5.75 Å². The van der Waals surface area contributed by atoms with E-state index in [0.717, 1.165) is 5.75 Å². The molecule has 0 saturated carbocycles. The smallest absolute Gasteiger partial charge is 0.225 e. The van der Waals surface area contributed by atoms with Crippen molar-refractivity contribution in [2.24, 2.45) is 0 Å². The van der Waals surface area contributed by atoms with Gasteiger partial charge in [0, 0.05) is 17.9 Å². The summed E-state index contributed by atoms with van der Waals surface area (Å²) in [5.41, 5.74) is 0.601. The van der Waals surface area contributed by atoms with Crippen molar-refractivity contribution in [3.05, 3.63) is 23.2 Å². The number of nitrogens with one attached hydrogen (secondary N) is 1. The Bertz CT molecular complexity index is 357. The van der Waals surface area contributed by atoms with Crippen LogP contribution in [0.15, 0.2) is 18.2 Å². The molecule has 0 fully saturated rings. The fraction of sp³-hybridized carbons (Fsp3) is 0.300. The highest BCUT2D eigenvalue weighted by Gasteiger charge is 2.04. The Labute approximate surface area is 97.8 Å². The maximum Gasteiger partial charge on any atom is 0.225 e. The van der Waals surface area contributed by atoms with Crippen LogP contribution in [0.25, 0.3) is 0 Å². The van der Waals surface area contributed by atoms with Crippen LogP contribution in [0.5, 0.6) is 5.75 Å². The third-order valence-corrected chi connectivity index (χ3v) is 2.68. The lowest BCUT2D eigenvalue weighted by Gasteiger charge is -2.05. The number of amides is 1. The molecule has 0 aliphatic carbocycles. The summed E-state index contributed by atoms with van der Waals surface area (Å²) in [6, 6.07) is 4.58. The van der Waals surface area contributed by atoms with Crippen LogP contribution >= 0.6 is 23.4 Å². The van der Waals surface area contributed by atoms with Gasteiger partial charge < -0.3 is 10.4 Å². The van der Waals surface area contributed by atoms with Gasteiger partial charge in [0.2, 0.25) is 5.91 Å². The first-order chi connectivity index (χ1) is 7.13. The summed E-state index contributed by atoms with van der Waals surface area (Å²) in [7, 11) is 0. The zero-order valence-corrected chi connectivity index (χ0v) is 9.86. The number of aromatic hydroxyl groups is 1. The van der Waals surface area contributed by atoms with Crippen LogP contribution in [-0.2, 0) is 4.79 Å². The monoisotopic (exact) mass is 245 g/mol. The molecule has 1 amide bonds. The molecule has 1 rings (SSSR count). The summed E-state index contributed by atoms with van der Waals surface area (Å²) < 4.78 is 0. The first-order valence-corrected chi connectivity index (χ1v) is 6.18. The molecule has 2 N–H and O–H groups in total. The molecule has 0 aliphatic heterocycles. The van der Waals surface area contributed by atoms with Crippen LogP contribution < -0.4 is 5.32 Å². The molecule has 0 bridgehead atoms. The van der Waals surface area contributed by atoms with E-state index in [1.807, 2.05) is 6.26 Å². The van der Waals surface area contributed by atoms with Gasteiger partial charge in [-0.15, -0.1) is 0 Å². The first kappa shape index (κ1) is 12.2. The molecule has 0 unspecified atom stereocenters. The highest BCUT2D eigenvalue weighted by molar-refractivity contribution is 7.98. The quantitative estimate of drug-likeness (QED) is 0.802. The molecule has 0 heterocycles. The van der Waals surface area contributed by atoms with E-state index in [1.54, 1.807) is 17.8 Å². The number of phenolic OH excluding ortho intramolecular Hbond substituents is 1. The van der Waals surface area contributed by atoms with E-state index in [9.17, 15) is 9.90 Å². The number of rotatable bonds is 4. The van der Waals surface area contributed by atoms with Crippen molar-refractivity contribution >= 4 is 35.0 Å². The van der Waals surface area contributed by atoms with Crippen molar-refractivity contribution in [3.8, 4) is 5.75 Å². The SMILES string of the molecule is CSCCC(=O)Nc1ccc(O)c(Cl)c1. The molecule has 0 spiro atoms. The lowest BCUT2D eigenvalue weighted by atomic mass is 10.3. The van der Waals surface area contributed by atoms with Crippen LogP contribution in [-0.4, -0.2) is 23.0 Å². The van der Waals surface area contributed by atoms with Crippen LogP contribution in [0.4, 0.5) is 5.69 Å². The Hall–Kier alpha value is -0.870. The Kier molecular flexibility index (Phi) is 4.78. The second-order valence-corrected chi connectivity index (χ2v) is 4.35. The van der Waals surface area contributed by atoms with E-state index in [-0.39, 0.29) is 16.7 Å². The van der Waals surface area contributed by atoms with Gasteiger partial charge >= 0.3 is 0 Å². The van der Waals surface area contributed by atoms with Crippen molar-refractivity contribution in [1.29, 1.82) is 0 Å². The maximum atomic E-state index is 11.3. The lowest BCUT2D eigenvalue weighted by molar-refractivity contribution is -0.115. The minimum Gasteiger partial charge on any atom is -0.506 e. The van der Waals surface area contributed by atoms with Crippen LogP contribution in [0.3, 0.4) is 0 Å². The average Bonchev–Trinajstić information content (AvgIpc) is 2.20. The highest BCUT2D eigenvalue weighted by Crippen LogP contribution is 2.26. The van der Waals surface area contributed by atoms with Crippen LogP contribution in [0.2, 0.25) is 5.02 Å². The Morgan fingerprint density at radius 3 is 2.93 bits per heavy atom. The van der Waals surface area contributed by atoms with Gasteiger partial charge in [0.05, 0.1) is 5.02 Å². The predicted molar refractivity (Wildman–Crippen MR) is 64.7 cm³/mol. The van der Waals surface area contributed by atoms with Gasteiger partial charge in [0.15, 0.2) is 0 Å². The summed E-state index contributed by atoms with van der Waals surface area (Å²) in [5.74, 6) is 0.752. The van der Waals surface area contributed by atoms with E-state index < -0.39 is 0 Å². The highest BCUT2D eigenvalue weighted by atomic mass is 35.5. The van der Waals surface area contributed by atoms with E-state index in [2.05, 4.69) is 5.32 Å². The van der Waals surface area contributed by atoms with E-state index in [0.29, 0.717) is 12.1 Å². The molecule has 82 valence electrons. The number of benzene rings is 1. The molecule has 1 aromatic carbocycles. The lowest BCUT2D eigenvalue weighted by Crippen LogP contribution is -2.11. The third kappa shape index (κ3) is 4.01. The van der Waals surface area contributed by atoms with Crippen molar-refractivity contribution in [3.63, 3.8) is 0 Å². The topological polar surface area (TPSA) is 49.3 Å². The standard InChI is InChI=1S/C10H12ClNO2S/c1-15-5-4-10(14)12-7-2-3-9(13)8(11)6-7/h2-3,6,13H,4-5H2,1H3,(H,12,14). The second-order valence-electron chi connectivity index (χ2n) is 2.96. The number of phenols is 1. The molecule has 1 aromatic rings. The number of halogens is 1. The van der Waals surface area contributed by atoms with Crippen molar-refractivity contribution in [1.82, 2.24) is 0 Å². The van der Waals surface area contributed by atoms with Crippen molar-refractivity contribution in [2.75, 3.05) is 17.3 Å². The molecule has 15 heavy (non-hydrogen) atoms. The van der Waals surface area contributed by atoms with Crippen molar-refractivity contribution < 1.29 is 9.90 Å². The minimum absolute atomic E-state index is 0.0128. The summed E-state index contributed by atoms with van der Waals surface area (Å²) in [5, 5.41) is 12.1. The van der Waals surface area contributed by atoms with E-state index in [4.69, 9.17) is 11.6 Å². The molecule has 0 atom stereocenters. The number of anilines is 1. The molecule has 0 radical (unpaired) electrons. The summed E-state index contributed by atoms with van der Waals surface area (Å²) in [6.45, 7) is 0. The van der Waals surface area contributed by atoms with Crippen molar-refractivity contribution in [2.45, 2.75) is 6.42 Å². The zero-order valence-electron chi connectivity index (χ0n) is 8.29. The fourth-order valence-electron chi connectivity index (χ4n) is 1.00. The summed E-state index contributed by atoms with van der Waals surface area (Å²) >= 11 is 7.32. The second kappa shape index (κ2) is 5.88. The number of carbonyl (C=O) groups excluding carboxylic acids is 1. The molecule has 0 aliphatic rings. The van der Waals surface area contributed by atoms with Gasteiger partial charge in [-0.3, -0.25) is 4.79 Å². The van der Waals surface area contributed by atoms with Crippen LogP contribution in [0.1, 0.15) is 6.42 Å². The number of carbonyl (C=O) groups is 1. The first-order valence-electron chi connectivity index (χ1n) is 4.41. The Morgan fingerprint density at radius 2 is 2.33 bits per heavy atom. The van der Waals surface area contributed by atoms with E-state index >= 15 is 0 Å². The third-order valence-electron chi connectivity index (χ3n) is 1.76. The zero-order chi connectivity index (χ0) is 11.3. The molecular formula is C10H12ClNO2S. The van der Waals surface area contributed by atoms with Gasteiger partial charge in [0.25, 0.3) is 0 Å². The maximum absolute atomic E-state index is 11.3. The normalized spacial score (nSPS) is 10.0. The molecule has 5 heteroatoms. The van der Waals surface area contributed by atoms with Gasteiger partial charge in [-0.2, -0.15) is 11.8 Å². The summed E-state index contributed by atoms with van der Waals surface area (Å²) in [4.78, 5) is 11.3. The molecule has 0 aromatic heterocycles. The fourth-order valence-corrected chi connectivity index (χ4v) is 1.57. The minimum atomic E-state index is -0.0499. The van der Waals surface area contributed by atoms with Crippen LogP contribution in [0, 0.1) is 0 Å². The molecular weight excluding hydrogens is 234 g/mol. The predicted octanol–water partition coefficient (Wildman–Crippen LogP) is 2.74. The van der Waals surface area contributed by atoms with Gasteiger partial charge in [-0.1, -0.05) is 11.6 Å². The Balaban J connectivity index is 2.57. The van der Waals surface area contributed by atoms with Gasteiger partial charge in [-0.05, 0) is 24.5 Å². The van der Waals surface area contributed by atoms with E-state index in [1.165, 1.54) is 12.1 Å². The molecule has 3 nitrogen and oxygen atoms in total. The number of hydrogen-bond donors (Lipinski definition) is 2.